The molecule has 1 atom stereocenters. The van der Waals surface area contributed by atoms with E-state index >= 15 is 0 Å². The van der Waals surface area contributed by atoms with Crippen LogP contribution in [-0.4, -0.2) is 15.6 Å². The van der Waals surface area contributed by atoms with Gasteiger partial charge in [0.05, 0.1) is 0 Å². The summed E-state index contributed by atoms with van der Waals surface area (Å²) in [4.78, 5) is 11.2. The molecule has 0 unspecified atom stereocenters. The fourth-order valence-corrected chi connectivity index (χ4v) is 1.61. The van der Waals surface area contributed by atoms with Crippen molar-refractivity contribution in [3.8, 4) is 0 Å². The third-order valence-corrected chi connectivity index (χ3v) is 2.35. The summed E-state index contributed by atoms with van der Waals surface area (Å²) in [6.07, 6.45) is 3.34. The van der Waals surface area contributed by atoms with Gasteiger partial charge in [0.15, 0.2) is 6.04 Å². The summed E-state index contributed by atoms with van der Waals surface area (Å²) < 4.78 is 14.3. The molecule has 1 aromatic carbocycles. The molecule has 0 saturated carbocycles. The second-order valence-electron chi connectivity index (χ2n) is 3.42. The van der Waals surface area contributed by atoms with Crippen molar-refractivity contribution in [1.82, 2.24) is 4.57 Å². The third-order valence-electron chi connectivity index (χ3n) is 2.35. The average molecular weight is 219 g/mol. The summed E-state index contributed by atoms with van der Waals surface area (Å²) in [6.45, 7) is 0. The molecule has 1 N–H and O–H groups in total. The SMILES string of the molecule is O=C(O)[C@@H](c1ccc(F)cc1)n1cccc1. The van der Waals surface area contributed by atoms with Gasteiger partial charge in [-0.15, -0.1) is 0 Å². The first-order valence-corrected chi connectivity index (χ1v) is 4.79. The standard InChI is InChI=1S/C12H10FNO2/c13-10-5-3-9(4-6-10)11(12(15)16)14-7-1-2-8-14/h1-8,11H,(H,15,16)/t11-/m1/s1. The largest absolute Gasteiger partial charge is 0.479 e. The van der Waals surface area contributed by atoms with Crippen molar-refractivity contribution in [2.24, 2.45) is 0 Å². The van der Waals surface area contributed by atoms with Gasteiger partial charge >= 0.3 is 5.97 Å². The minimum absolute atomic E-state index is 0.375. The number of carbonyl (C=O) groups is 1. The summed E-state index contributed by atoms with van der Waals surface area (Å²) in [5.41, 5.74) is 0.546. The van der Waals surface area contributed by atoms with Gasteiger partial charge in [0.2, 0.25) is 0 Å². The summed E-state index contributed by atoms with van der Waals surface area (Å²) in [5.74, 6) is -1.34. The molecule has 1 aromatic heterocycles. The van der Waals surface area contributed by atoms with Crippen LogP contribution in [0.5, 0.6) is 0 Å². The van der Waals surface area contributed by atoms with Crippen LogP contribution in [-0.2, 0) is 4.79 Å². The van der Waals surface area contributed by atoms with Crippen LogP contribution in [0.4, 0.5) is 4.39 Å². The van der Waals surface area contributed by atoms with E-state index in [0.717, 1.165) is 0 Å². The number of carboxylic acid groups (broad SMARTS) is 1. The summed E-state index contributed by atoms with van der Waals surface area (Å²) in [7, 11) is 0. The Bertz CT molecular complexity index is 476. The molecule has 82 valence electrons. The number of nitrogens with zero attached hydrogens (tertiary/aromatic N) is 1. The fourth-order valence-electron chi connectivity index (χ4n) is 1.61. The van der Waals surface area contributed by atoms with Gasteiger partial charge in [-0.1, -0.05) is 12.1 Å². The summed E-state index contributed by atoms with van der Waals surface area (Å²) in [5, 5.41) is 9.15. The second-order valence-corrected chi connectivity index (χ2v) is 3.42. The fraction of sp³-hybridized carbons (Fsp3) is 0.0833. The molecule has 0 radical (unpaired) electrons. The van der Waals surface area contributed by atoms with E-state index in [0.29, 0.717) is 5.56 Å². The highest BCUT2D eigenvalue weighted by Gasteiger charge is 2.20. The number of carboxylic acids is 1. The predicted octanol–water partition coefficient (Wildman–Crippen LogP) is 2.30. The van der Waals surface area contributed by atoms with Gasteiger partial charge in [-0.25, -0.2) is 9.18 Å². The van der Waals surface area contributed by atoms with Gasteiger partial charge in [-0.3, -0.25) is 0 Å². The van der Waals surface area contributed by atoms with E-state index in [2.05, 4.69) is 0 Å². The number of hydrogen-bond donors (Lipinski definition) is 1. The maximum atomic E-state index is 12.7. The van der Waals surface area contributed by atoms with Crippen LogP contribution < -0.4 is 0 Å². The van der Waals surface area contributed by atoms with Crippen LogP contribution >= 0.6 is 0 Å². The maximum absolute atomic E-state index is 12.7. The van der Waals surface area contributed by atoms with Crippen molar-refractivity contribution in [3.05, 3.63) is 60.2 Å². The quantitative estimate of drug-likeness (QED) is 0.860. The topological polar surface area (TPSA) is 42.2 Å². The van der Waals surface area contributed by atoms with Crippen LogP contribution in [0, 0.1) is 5.82 Å². The molecule has 4 heteroatoms. The normalized spacial score (nSPS) is 12.3. The maximum Gasteiger partial charge on any atom is 0.331 e. The Morgan fingerprint density at radius 2 is 1.75 bits per heavy atom. The number of rotatable bonds is 3. The first-order chi connectivity index (χ1) is 7.68. The lowest BCUT2D eigenvalue weighted by Crippen LogP contribution is -2.18. The molecule has 1 heterocycles. The highest BCUT2D eigenvalue weighted by molar-refractivity contribution is 5.76. The third kappa shape index (κ3) is 1.95. The zero-order valence-corrected chi connectivity index (χ0v) is 8.38. The average Bonchev–Trinajstić information content (AvgIpc) is 2.74. The Hall–Kier alpha value is -2.10. The number of aliphatic carboxylic acids is 1. The molecule has 3 nitrogen and oxygen atoms in total. The molecule has 0 bridgehead atoms. The van der Waals surface area contributed by atoms with E-state index in [9.17, 15) is 9.18 Å². The zero-order chi connectivity index (χ0) is 11.5. The summed E-state index contributed by atoms with van der Waals surface area (Å²) >= 11 is 0. The molecular formula is C12H10FNO2. The Labute approximate surface area is 91.8 Å². The van der Waals surface area contributed by atoms with E-state index in [1.54, 1.807) is 29.1 Å². The minimum Gasteiger partial charge on any atom is -0.479 e. The van der Waals surface area contributed by atoms with Gasteiger partial charge in [-0.05, 0) is 29.8 Å². The van der Waals surface area contributed by atoms with Crippen molar-refractivity contribution in [3.63, 3.8) is 0 Å². The molecule has 16 heavy (non-hydrogen) atoms. The molecule has 0 amide bonds. The van der Waals surface area contributed by atoms with Crippen LogP contribution in [0.1, 0.15) is 11.6 Å². The minimum atomic E-state index is -0.970. The molecule has 0 saturated heterocycles. The molecule has 2 rings (SSSR count). The number of halogens is 1. The van der Waals surface area contributed by atoms with E-state index < -0.39 is 12.0 Å². The smallest absolute Gasteiger partial charge is 0.331 e. The first-order valence-electron chi connectivity index (χ1n) is 4.79. The molecular weight excluding hydrogens is 209 g/mol. The first kappa shape index (κ1) is 10.4. The van der Waals surface area contributed by atoms with Gasteiger partial charge in [-0.2, -0.15) is 0 Å². The Kier molecular flexibility index (Phi) is 2.72. The second kappa shape index (κ2) is 4.18. The molecule has 0 fully saturated rings. The van der Waals surface area contributed by atoms with E-state index in [4.69, 9.17) is 5.11 Å². The Morgan fingerprint density at radius 3 is 2.25 bits per heavy atom. The lowest BCUT2D eigenvalue weighted by molar-refractivity contribution is -0.139. The van der Waals surface area contributed by atoms with Crippen molar-refractivity contribution < 1.29 is 14.3 Å². The number of hydrogen-bond acceptors (Lipinski definition) is 1. The molecule has 0 spiro atoms. The van der Waals surface area contributed by atoms with Gasteiger partial charge in [0, 0.05) is 12.4 Å². The zero-order valence-electron chi connectivity index (χ0n) is 8.38. The number of aromatic nitrogens is 1. The van der Waals surface area contributed by atoms with E-state index in [1.807, 2.05) is 0 Å². The van der Waals surface area contributed by atoms with Gasteiger partial charge in [0.25, 0.3) is 0 Å². The molecule has 0 aliphatic carbocycles. The van der Waals surface area contributed by atoms with Crippen LogP contribution in [0.3, 0.4) is 0 Å². The number of benzene rings is 1. The van der Waals surface area contributed by atoms with Crippen molar-refractivity contribution in [1.29, 1.82) is 0 Å². The van der Waals surface area contributed by atoms with Crippen LogP contribution in [0.15, 0.2) is 48.8 Å². The Balaban J connectivity index is 2.41. The van der Waals surface area contributed by atoms with E-state index in [-0.39, 0.29) is 5.82 Å². The molecule has 2 aromatic rings. The predicted molar refractivity (Wildman–Crippen MR) is 56.6 cm³/mol. The van der Waals surface area contributed by atoms with Gasteiger partial charge in [0.1, 0.15) is 5.82 Å². The van der Waals surface area contributed by atoms with Gasteiger partial charge < -0.3 is 9.67 Å². The molecule has 0 aliphatic heterocycles. The lowest BCUT2D eigenvalue weighted by Gasteiger charge is -2.14. The summed E-state index contributed by atoms with van der Waals surface area (Å²) in [6, 6.07) is 8.17. The van der Waals surface area contributed by atoms with Crippen LogP contribution in [0.25, 0.3) is 0 Å². The van der Waals surface area contributed by atoms with Crippen molar-refractivity contribution in [2.75, 3.05) is 0 Å². The van der Waals surface area contributed by atoms with E-state index in [1.165, 1.54) is 24.3 Å². The monoisotopic (exact) mass is 219 g/mol. The Morgan fingerprint density at radius 1 is 1.19 bits per heavy atom. The van der Waals surface area contributed by atoms with Crippen molar-refractivity contribution in [2.45, 2.75) is 6.04 Å². The van der Waals surface area contributed by atoms with Crippen molar-refractivity contribution >= 4 is 5.97 Å². The highest BCUT2D eigenvalue weighted by atomic mass is 19.1. The molecule has 0 aliphatic rings. The highest BCUT2D eigenvalue weighted by Crippen LogP contribution is 2.19. The lowest BCUT2D eigenvalue weighted by atomic mass is 10.1. The van der Waals surface area contributed by atoms with Crippen LogP contribution in [0.2, 0.25) is 0 Å².